The van der Waals surface area contributed by atoms with Crippen molar-refractivity contribution in [3.05, 3.63) is 30.3 Å². The molecule has 0 aromatic heterocycles. The number of hydrogen-bond acceptors (Lipinski definition) is 2. The van der Waals surface area contributed by atoms with E-state index in [9.17, 15) is 0 Å². The van der Waals surface area contributed by atoms with Gasteiger partial charge in [0.15, 0.2) is 0 Å². The molecule has 0 saturated heterocycles. The molecule has 1 rings (SSSR count). The number of para-hydroxylation sites is 1. The van der Waals surface area contributed by atoms with Crippen molar-refractivity contribution in [2.24, 2.45) is 0 Å². The van der Waals surface area contributed by atoms with Gasteiger partial charge in [-0.1, -0.05) is 18.2 Å². The van der Waals surface area contributed by atoms with Crippen LogP contribution in [0.15, 0.2) is 30.3 Å². The quantitative estimate of drug-likeness (QED) is 0.701. The van der Waals surface area contributed by atoms with E-state index in [1.807, 2.05) is 30.3 Å². The predicted octanol–water partition coefficient (Wildman–Crippen LogP) is 2.02. The normalized spacial score (nSPS) is 12.9. The topological polar surface area (TPSA) is 12.5 Å². The van der Waals surface area contributed by atoms with E-state index in [1.54, 1.807) is 0 Å². The average molecular weight is 179 g/mol. The Morgan fingerprint density at radius 1 is 1.23 bits per heavy atom. The third kappa shape index (κ3) is 3.47. The monoisotopic (exact) mass is 179 g/mol. The van der Waals surface area contributed by atoms with Crippen LogP contribution in [0, 0.1) is 0 Å². The molecule has 0 fully saturated rings. The summed E-state index contributed by atoms with van der Waals surface area (Å²) in [5, 5.41) is 0. The Kier molecular flexibility index (Phi) is 3.77. The minimum Gasteiger partial charge on any atom is -0.492 e. The molecule has 2 nitrogen and oxygen atoms in total. The van der Waals surface area contributed by atoms with Crippen molar-refractivity contribution in [1.29, 1.82) is 0 Å². The third-order valence-electron chi connectivity index (χ3n) is 2.12. The molecule has 1 aromatic carbocycles. The first-order valence-electron chi connectivity index (χ1n) is 4.54. The first kappa shape index (κ1) is 10.1. The van der Waals surface area contributed by atoms with Crippen LogP contribution in [0.25, 0.3) is 0 Å². The van der Waals surface area contributed by atoms with Crippen LogP contribution in [0.4, 0.5) is 0 Å². The molecule has 13 heavy (non-hydrogen) atoms. The van der Waals surface area contributed by atoms with Crippen LogP contribution in [0.5, 0.6) is 5.75 Å². The summed E-state index contributed by atoms with van der Waals surface area (Å²) < 4.78 is 5.59. The molecule has 0 aliphatic rings. The molecule has 0 radical (unpaired) electrons. The lowest BCUT2D eigenvalue weighted by atomic mass is 10.3. The molecule has 0 aliphatic carbocycles. The Hall–Kier alpha value is -1.02. The van der Waals surface area contributed by atoms with Gasteiger partial charge in [-0.05, 0) is 33.2 Å². The first-order chi connectivity index (χ1) is 6.20. The maximum Gasteiger partial charge on any atom is 0.119 e. The number of ether oxygens (including phenoxy) is 1. The van der Waals surface area contributed by atoms with Crippen LogP contribution in [-0.2, 0) is 0 Å². The summed E-state index contributed by atoms with van der Waals surface area (Å²) in [6.45, 7) is 2.87. The van der Waals surface area contributed by atoms with Crippen molar-refractivity contribution in [3.8, 4) is 5.75 Å². The summed E-state index contributed by atoms with van der Waals surface area (Å²) in [6.07, 6.45) is 0. The van der Waals surface area contributed by atoms with Gasteiger partial charge in [0, 0.05) is 6.04 Å². The first-order valence-corrected chi connectivity index (χ1v) is 4.54. The average Bonchev–Trinajstić information content (AvgIpc) is 2.15. The van der Waals surface area contributed by atoms with Gasteiger partial charge in [-0.15, -0.1) is 0 Å². The molecular formula is C11H17NO. The lowest BCUT2D eigenvalue weighted by Gasteiger charge is -2.19. The Morgan fingerprint density at radius 2 is 1.85 bits per heavy atom. The van der Waals surface area contributed by atoms with E-state index in [2.05, 4.69) is 25.9 Å². The second kappa shape index (κ2) is 4.87. The van der Waals surface area contributed by atoms with E-state index in [0.717, 1.165) is 12.4 Å². The minimum atomic E-state index is 0.445. The van der Waals surface area contributed by atoms with Crippen molar-refractivity contribution in [1.82, 2.24) is 4.90 Å². The van der Waals surface area contributed by atoms with Crippen LogP contribution in [-0.4, -0.2) is 31.6 Å². The predicted molar refractivity (Wildman–Crippen MR) is 55.1 cm³/mol. The number of likely N-dealkylation sites (N-methyl/N-ethyl adjacent to an activating group) is 1. The van der Waals surface area contributed by atoms with Gasteiger partial charge in [-0.2, -0.15) is 0 Å². The summed E-state index contributed by atoms with van der Waals surface area (Å²) in [5.74, 6) is 0.941. The van der Waals surface area contributed by atoms with Crippen LogP contribution in [0.3, 0.4) is 0 Å². The molecule has 2 heteroatoms. The molecule has 0 bridgehead atoms. The van der Waals surface area contributed by atoms with E-state index in [-0.39, 0.29) is 0 Å². The molecule has 0 N–H and O–H groups in total. The van der Waals surface area contributed by atoms with Gasteiger partial charge in [-0.25, -0.2) is 0 Å². The maximum atomic E-state index is 5.59. The van der Waals surface area contributed by atoms with Crippen molar-refractivity contribution >= 4 is 0 Å². The smallest absolute Gasteiger partial charge is 0.119 e. The molecule has 0 heterocycles. The SMILES string of the molecule is C[C@@H](COc1ccccc1)N(C)C. The summed E-state index contributed by atoms with van der Waals surface area (Å²) in [6, 6.07) is 10.3. The zero-order chi connectivity index (χ0) is 9.68. The molecule has 1 atom stereocenters. The van der Waals surface area contributed by atoms with Gasteiger partial charge in [-0.3, -0.25) is 0 Å². The van der Waals surface area contributed by atoms with Gasteiger partial charge in [0.05, 0.1) is 0 Å². The Morgan fingerprint density at radius 3 is 2.38 bits per heavy atom. The van der Waals surface area contributed by atoms with Gasteiger partial charge in [0.2, 0.25) is 0 Å². The molecule has 0 spiro atoms. The third-order valence-corrected chi connectivity index (χ3v) is 2.12. The Balaban J connectivity index is 2.35. The van der Waals surface area contributed by atoms with E-state index < -0.39 is 0 Å². The van der Waals surface area contributed by atoms with Crippen LogP contribution < -0.4 is 4.74 Å². The lowest BCUT2D eigenvalue weighted by molar-refractivity contribution is 0.198. The van der Waals surface area contributed by atoms with Crippen LogP contribution in [0.1, 0.15) is 6.92 Å². The summed E-state index contributed by atoms with van der Waals surface area (Å²) >= 11 is 0. The van der Waals surface area contributed by atoms with Crippen molar-refractivity contribution < 1.29 is 4.74 Å². The fourth-order valence-corrected chi connectivity index (χ4v) is 0.883. The fraction of sp³-hybridized carbons (Fsp3) is 0.455. The van der Waals surface area contributed by atoms with E-state index in [1.165, 1.54) is 0 Å². The highest BCUT2D eigenvalue weighted by molar-refractivity contribution is 5.20. The largest absolute Gasteiger partial charge is 0.492 e. The van der Waals surface area contributed by atoms with Gasteiger partial charge in [0.25, 0.3) is 0 Å². The molecule has 0 unspecified atom stereocenters. The molecule has 0 saturated carbocycles. The zero-order valence-corrected chi connectivity index (χ0v) is 8.53. The van der Waals surface area contributed by atoms with Gasteiger partial charge < -0.3 is 9.64 Å². The molecule has 1 aromatic rings. The number of hydrogen-bond donors (Lipinski definition) is 0. The second-order valence-electron chi connectivity index (χ2n) is 3.44. The highest BCUT2D eigenvalue weighted by Crippen LogP contribution is 2.08. The lowest BCUT2D eigenvalue weighted by Crippen LogP contribution is -2.30. The number of benzene rings is 1. The maximum absolute atomic E-state index is 5.59. The minimum absolute atomic E-state index is 0.445. The van der Waals surface area contributed by atoms with Gasteiger partial charge >= 0.3 is 0 Å². The standard InChI is InChI=1S/C11H17NO/c1-10(12(2)3)9-13-11-7-5-4-6-8-11/h4-8,10H,9H2,1-3H3/t10-/m0/s1. The van der Waals surface area contributed by atoms with Crippen molar-refractivity contribution in [3.63, 3.8) is 0 Å². The highest BCUT2D eigenvalue weighted by atomic mass is 16.5. The number of nitrogens with zero attached hydrogens (tertiary/aromatic N) is 1. The van der Waals surface area contributed by atoms with Crippen molar-refractivity contribution in [2.75, 3.05) is 20.7 Å². The molecular weight excluding hydrogens is 162 g/mol. The van der Waals surface area contributed by atoms with E-state index >= 15 is 0 Å². The second-order valence-corrected chi connectivity index (χ2v) is 3.44. The number of rotatable bonds is 4. The fourth-order valence-electron chi connectivity index (χ4n) is 0.883. The van der Waals surface area contributed by atoms with Gasteiger partial charge in [0.1, 0.15) is 12.4 Å². The van der Waals surface area contributed by atoms with E-state index in [0.29, 0.717) is 6.04 Å². The Labute approximate surface area is 80.1 Å². The van der Waals surface area contributed by atoms with Crippen LogP contribution in [0.2, 0.25) is 0 Å². The summed E-state index contributed by atoms with van der Waals surface area (Å²) in [5.41, 5.74) is 0. The molecule has 0 aliphatic heterocycles. The highest BCUT2D eigenvalue weighted by Gasteiger charge is 2.04. The summed E-state index contributed by atoms with van der Waals surface area (Å²) in [7, 11) is 4.11. The molecule has 72 valence electrons. The molecule has 0 amide bonds. The zero-order valence-electron chi connectivity index (χ0n) is 8.53. The summed E-state index contributed by atoms with van der Waals surface area (Å²) in [4.78, 5) is 2.14. The van der Waals surface area contributed by atoms with E-state index in [4.69, 9.17) is 4.74 Å². The van der Waals surface area contributed by atoms with Crippen LogP contribution >= 0.6 is 0 Å². The van der Waals surface area contributed by atoms with Crippen molar-refractivity contribution in [2.45, 2.75) is 13.0 Å². The Bertz CT molecular complexity index is 233.